The highest BCUT2D eigenvalue weighted by molar-refractivity contribution is 5.23. The lowest BCUT2D eigenvalue weighted by Gasteiger charge is -2.23. The predicted octanol–water partition coefficient (Wildman–Crippen LogP) is 2.54. The molecule has 2 rings (SSSR count). The van der Waals surface area contributed by atoms with Gasteiger partial charge in [-0.05, 0) is 12.6 Å². The van der Waals surface area contributed by atoms with E-state index in [0.29, 0.717) is 5.92 Å². The molecule has 88 valence electrons. The molecule has 2 atom stereocenters. The molecule has 1 aromatic carbocycles. The second kappa shape index (κ2) is 5.55. The minimum atomic E-state index is 0.186. The number of nitrogens with zero attached hydrogens (tertiary/aromatic N) is 2. The smallest absolute Gasteiger partial charge is 0.0762 e. The maximum atomic E-state index is 4.37. The average Bonchev–Trinajstić information content (AvgIpc) is 2.42. The molecule has 0 amide bonds. The number of hydrogen-bond acceptors (Lipinski definition) is 3. The van der Waals surface area contributed by atoms with E-state index in [1.54, 1.807) is 12.4 Å². The molecule has 0 bridgehead atoms. The van der Waals surface area contributed by atoms with Gasteiger partial charge in [0.05, 0.1) is 11.7 Å². The lowest BCUT2D eigenvalue weighted by Crippen LogP contribution is -2.23. The van der Waals surface area contributed by atoms with E-state index in [4.69, 9.17) is 0 Å². The highest BCUT2D eigenvalue weighted by Gasteiger charge is 2.20. The van der Waals surface area contributed by atoms with Gasteiger partial charge >= 0.3 is 0 Å². The summed E-state index contributed by atoms with van der Waals surface area (Å²) in [5.74, 6) is 0.359. The first-order valence-electron chi connectivity index (χ1n) is 5.81. The van der Waals surface area contributed by atoms with E-state index >= 15 is 0 Å². The summed E-state index contributed by atoms with van der Waals surface area (Å²) in [4.78, 5) is 8.50. The topological polar surface area (TPSA) is 37.8 Å². The molecule has 0 spiro atoms. The average molecular weight is 227 g/mol. The molecule has 0 radical (unpaired) electrons. The van der Waals surface area contributed by atoms with Crippen LogP contribution in [0.25, 0.3) is 0 Å². The third-order valence-corrected chi connectivity index (χ3v) is 3.04. The zero-order valence-electron chi connectivity index (χ0n) is 10.2. The molecule has 0 fully saturated rings. The maximum Gasteiger partial charge on any atom is 0.0762 e. The van der Waals surface area contributed by atoms with Gasteiger partial charge in [-0.2, -0.15) is 0 Å². The fourth-order valence-electron chi connectivity index (χ4n) is 2.07. The van der Waals surface area contributed by atoms with Crippen molar-refractivity contribution < 1.29 is 0 Å². The maximum absolute atomic E-state index is 4.37. The summed E-state index contributed by atoms with van der Waals surface area (Å²) in [7, 11) is 1.96. The Morgan fingerprint density at radius 3 is 2.47 bits per heavy atom. The fraction of sp³-hybridized carbons (Fsp3) is 0.286. The van der Waals surface area contributed by atoms with Crippen molar-refractivity contribution in [1.29, 1.82) is 0 Å². The van der Waals surface area contributed by atoms with Crippen LogP contribution in [-0.4, -0.2) is 17.0 Å². The van der Waals surface area contributed by atoms with Gasteiger partial charge in [-0.15, -0.1) is 0 Å². The number of hydrogen-bond donors (Lipinski definition) is 1. The predicted molar refractivity (Wildman–Crippen MR) is 68.7 cm³/mol. The van der Waals surface area contributed by atoms with Crippen molar-refractivity contribution in [1.82, 2.24) is 15.3 Å². The van der Waals surface area contributed by atoms with Gasteiger partial charge in [-0.25, -0.2) is 0 Å². The van der Waals surface area contributed by atoms with E-state index in [2.05, 4.69) is 46.5 Å². The van der Waals surface area contributed by atoms with E-state index in [0.717, 1.165) is 5.69 Å². The second-order valence-electron chi connectivity index (χ2n) is 4.10. The summed E-state index contributed by atoms with van der Waals surface area (Å²) in [6.45, 7) is 2.20. The van der Waals surface area contributed by atoms with Gasteiger partial charge in [-0.3, -0.25) is 9.97 Å². The van der Waals surface area contributed by atoms with Crippen LogP contribution in [0, 0.1) is 0 Å². The van der Waals surface area contributed by atoms with Crippen molar-refractivity contribution in [3.63, 3.8) is 0 Å². The largest absolute Gasteiger partial charge is 0.311 e. The Balaban J connectivity index is 2.25. The zero-order chi connectivity index (χ0) is 12.1. The molecule has 3 nitrogen and oxygen atoms in total. The van der Waals surface area contributed by atoms with Crippen LogP contribution in [0.15, 0.2) is 48.9 Å². The van der Waals surface area contributed by atoms with Gasteiger partial charge < -0.3 is 5.32 Å². The summed E-state index contributed by atoms with van der Waals surface area (Å²) in [5, 5.41) is 3.31. The van der Waals surface area contributed by atoms with Gasteiger partial charge in [0, 0.05) is 24.5 Å². The fourth-order valence-corrected chi connectivity index (χ4v) is 2.07. The van der Waals surface area contributed by atoms with E-state index in [9.17, 15) is 0 Å². The first-order valence-corrected chi connectivity index (χ1v) is 5.81. The quantitative estimate of drug-likeness (QED) is 0.872. The Labute approximate surface area is 102 Å². The van der Waals surface area contributed by atoms with E-state index in [-0.39, 0.29) is 6.04 Å². The molecule has 1 N–H and O–H groups in total. The van der Waals surface area contributed by atoms with Gasteiger partial charge in [0.15, 0.2) is 0 Å². The molecule has 2 aromatic rings. The molecular formula is C14H17N3. The van der Waals surface area contributed by atoms with Crippen LogP contribution in [0.1, 0.15) is 30.1 Å². The molecule has 0 aliphatic rings. The van der Waals surface area contributed by atoms with Crippen molar-refractivity contribution >= 4 is 0 Å². The van der Waals surface area contributed by atoms with Gasteiger partial charge in [-0.1, -0.05) is 37.3 Å². The van der Waals surface area contributed by atoms with E-state index in [1.165, 1.54) is 5.56 Å². The third-order valence-electron chi connectivity index (χ3n) is 3.04. The number of aromatic nitrogens is 2. The molecule has 0 aliphatic carbocycles. The SMILES string of the molecule is CNC(c1cnccn1)C(C)c1ccccc1. The van der Waals surface area contributed by atoms with Crippen molar-refractivity contribution in [2.24, 2.45) is 0 Å². The Morgan fingerprint density at radius 2 is 1.88 bits per heavy atom. The normalized spacial score (nSPS) is 14.2. The van der Waals surface area contributed by atoms with Crippen LogP contribution in [-0.2, 0) is 0 Å². The molecule has 3 heteroatoms. The van der Waals surface area contributed by atoms with Gasteiger partial charge in [0.25, 0.3) is 0 Å². The Bertz CT molecular complexity index is 442. The summed E-state index contributed by atoms with van der Waals surface area (Å²) in [6.07, 6.45) is 5.25. The minimum Gasteiger partial charge on any atom is -0.311 e. The Kier molecular flexibility index (Phi) is 3.83. The molecule has 17 heavy (non-hydrogen) atoms. The second-order valence-corrected chi connectivity index (χ2v) is 4.10. The van der Waals surface area contributed by atoms with Crippen molar-refractivity contribution in [2.75, 3.05) is 7.05 Å². The van der Waals surface area contributed by atoms with Crippen LogP contribution in [0.5, 0.6) is 0 Å². The van der Waals surface area contributed by atoms with Crippen LogP contribution in [0.2, 0.25) is 0 Å². The van der Waals surface area contributed by atoms with E-state index < -0.39 is 0 Å². The van der Waals surface area contributed by atoms with Gasteiger partial charge in [0.1, 0.15) is 0 Å². The molecule has 2 unspecified atom stereocenters. The molecule has 0 saturated heterocycles. The Morgan fingerprint density at radius 1 is 1.12 bits per heavy atom. The third kappa shape index (κ3) is 2.68. The van der Waals surface area contributed by atoms with Gasteiger partial charge in [0.2, 0.25) is 0 Å². The number of likely N-dealkylation sites (N-methyl/N-ethyl adjacent to an activating group) is 1. The van der Waals surface area contributed by atoms with Crippen molar-refractivity contribution in [3.05, 3.63) is 60.2 Å². The zero-order valence-corrected chi connectivity index (χ0v) is 10.2. The summed E-state index contributed by atoms with van der Waals surface area (Å²) < 4.78 is 0. The highest BCUT2D eigenvalue weighted by atomic mass is 14.9. The summed E-state index contributed by atoms with van der Waals surface area (Å²) in [5.41, 5.74) is 2.28. The lowest BCUT2D eigenvalue weighted by molar-refractivity contribution is 0.494. The number of nitrogens with one attached hydrogen (secondary N) is 1. The lowest BCUT2D eigenvalue weighted by atomic mass is 9.91. The monoisotopic (exact) mass is 227 g/mol. The number of rotatable bonds is 4. The molecule has 0 aliphatic heterocycles. The summed E-state index contributed by atoms with van der Waals surface area (Å²) in [6, 6.07) is 10.6. The molecule has 0 saturated carbocycles. The molecule has 1 heterocycles. The molecule has 1 aromatic heterocycles. The van der Waals surface area contributed by atoms with Crippen LogP contribution in [0.3, 0.4) is 0 Å². The summed E-state index contributed by atoms with van der Waals surface area (Å²) >= 11 is 0. The van der Waals surface area contributed by atoms with Crippen molar-refractivity contribution in [3.8, 4) is 0 Å². The first kappa shape index (κ1) is 11.7. The highest BCUT2D eigenvalue weighted by Crippen LogP contribution is 2.28. The first-order chi connectivity index (χ1) is 8.33. The number of benzene rings is 1. The molecular weight excluding hydrogens is 210 g/mol. The van der Waals surface area contributed by atoms with Crippen molar-refractivity contribution in [2.45, 2.75) is 18.9 Å². The minimum absolute atomic E-state index is 0.186. The van der Waals surface area contributed by atoms with Crippen LogP contribution in [0.4, 0.5) is 0 Å². The standard InChI is InChI=1S/C14H17N3/c1-11(12-6-4-3-5-7-12)14(15-2)13-10-16-8-9-17-13/h3-11,14-15H,1-2H3. The van der Waals surface area contributed by atoms with Crippen LogP contribution >= 0.6 is 0 Å². The van der Waals surface area contributed by atoms with E-state index in [1.807, 2.05) is 19.3 Å². The van der Waals surface area contributed by atoms with Crippen LogP contribution < -0.4 is 5.32 Å². The Hall–Kier alpha value is -1.74.